The van der Waals surface area contributed by atoms with Gasteiger partial charge in [0.1, 0.15) is 6.04 Å². The minimum absolute atomic E-state index is 0.0832. The van der Waals surface area contributed by atoms with Gasteiger partial charge in [0.25, 0.3) is 0 Å². The van der Waals surface area contributed by atoms with E-state index in [4.69, 9.17) is 5.26 Å². The Balaban J connectivity index is 2.43. The lowest BCUT2D eigenvalue weighted by molar-refractivity contribution is 0.635. The van der Waals surface area contributed by atoms with Crippen LogP contribution < -0.4 is 5.32 Å². The Morgan fingerprint density at radius 2 is 2.44 bits per heavy atom. The molecule has 1 unspecified atom stereocenters. The summed E-state index contributed by atoms with van der Waals surface area (Å²) >= 11 is 1.67. The highest BCUT2D eigenvalue weighted by Gasteiger charge is 2.09. The zero-order valence-electron chi connectivity index (χ0n) is 10.0. The molecule has 1 N–H and O–H groups in total. The molecule has 5 heteroatoms. The molecule has 0 fully saturated rings. The summed E-state index contributed by atoms with van der Waals surface area (Å²) in [4.78, 5) is 0. The van der Waals surface area contributed by atoms with Gasteiger partial charge in [-0.3, -0.25) is 4.68 Å². The van der Waals surface area contributed by atoms with Crippen LogP contribution in [-0.4, -0.2) is 28.1 Å². The van der Waals surface area contributed by atoms with Gasteiger partial charge in [0.15, 0.2) is 0 Å². The smallest absolute Gasteiger partial charge is 0.105 e. The van der Waals surface area contributed by atoms with Crippen LogP contribution in [0.5, 0.6) is 0 Å². The number of nitrogens with zero attached hydrogens (tertiary/aromatic N) is 3. The van der Waals surface area contributed by atoms with Crippen LogP contribution in [0.3, 0.4) is 0 Å². The second-order valence-corrected chi connectivity index (χ2v) is 4.73. The molecular formula is C11H18N4S. The predicted molar refractivity (Wildman–Crippen MR) is 66.4 cm³/mol. The first-order chi connectivity index (χ1) is 7.67. The van der Waals surface area contributed by atoms with E-state index in [1.165, 1.54) is 0 Å². The highest BCUT2D eigenvalue weighted by atomic mass is 32.2. The van der Waals surface area contributed by atoms with Crippen LogP contribution in [0.2, 0.25) is 0 Å². The molecular weight excluding hydrogens is 220 g/mol. The lowest BCUT2D eigenvalue weighted by Gasteiger charge is -2.09. The Hall–Kier alpha value is -0.990. The number of hydrogen-bond donors (Lipinski definition) is 1. The first kappa shape index (κ1) is 13.1. The number of nitrogens with one attached hydrogen (secondary N) is 1. The summed E-state index contributed by atoms with van der Waals surface area (Å²) in [5.74, 6) is 0.759. The van der Waals surface area contributed by atoms with Crippen molar-refractivity contribution >= 4 is 11.8 Å². The van der Waals surface area contributed by atoms with Crippen LogP contribution >= 0.6 is 11.8 Å². The Morgan fingerprint density at radius 3 is 2.94 bits per heavy atom. The van der Waals surface area contributed by atoms with Crippen molar-refractivity contribution in [3.63, 3.8) is 0 Å². The minimum atomic E-state index is -0.0832. The van der Waals surface area contributed by atoms with Crippen LogP contribution in [0.15, 0.2) is 11.1 Å². The summed E-state index contributed by atoms with van der Waals surface area (Å²) in [6.07, 6.45) is 1.05. The number of aryl methyl sites for hydroxylation is 2. The van der Waals surface area contributed by atoms with Gasteiger partial charge in [-0.1, -0.05) is 6.92 Å². The maximum Gasteiger partial charge on any atom is 0.105 e. The molecule has 16 heavy (non-hydrogen) atoms. The van der Waals surface area contributed by atoms with E-state index in [0.717, 1.165) is 29.4 Å². The van der Waals surface area contributed by atoms with E-state index in [1.54, 1.807) is 11.8 Å². The summed E-state index contributed by atoms with van der Waals surface area (Å²) in [5.41, 5.74) is 1.01. The molecule has 0 spiro atoms. The molecule has 1 aromatic rings. The molecule has 88 valence electrons. The average molecular weight is 238 g/mol. The molecule has 0 amide bonds. The molecule has 0 aromatic carbocycles. The fourth-order valence-corrected chi connectivity index (χ4v) is 2.36. The second kappa shape index (κ2) is 6.56. The highest BCUT2D eigenvalue weighted by Crippen LogP contribution is 2.18. The van der Waals surface area contributed by atoms with E-state index in [-0.39, 0.29) is 6.04 Å². The fourth-order valence-electron chi connectivity index (χ4n) is 1.35. The van der Waals surface area contributed by atoms with E-state index in [1.807, 2.05) is 24.7 Å². The predicted octanol–water partition coefficient (Wildman–Crippen LogP) is 1.71. The molecule has 0 bridgehead atoms. The van der Waals surface area contributed by atoms with Crippen LogP contribution in [-0.2, 0) is 7.05 Å². The second-order valence-electron chi connectivity index (χ2n) is 3.69. The lowest BCUT2D eigenvalue weighted by Crippen LogP contribution is -2.30. The number of thioether (sulfide) groups is 1. The molecule has 0 aliphatic carbocycles. The lowest BCUT2D eigenvalue weighted by atomic mass is 10.3. The summed E-state index contributed by atoms with van der Waals surface area (Å²) in [6, 6.07) is 4.23. The zero-order chi connectivity index (χ0) is 12.0. The van der Waals surface area contributed by atoms with Crippen molar-refractivity contribution in [2.24, 2.45) is 7.05 Å². The standard InChI is InChI=1S/C11H18N4S/c1-4-5-13-10(7-12)8-16-11-6-9(2)14-15(11)3/h6,10,13H,4-5,8H2,1-3H3. The van der Waals surface area contributed by atoms with Gasteiger partial charge in [0, 0.05) is 12.8 Å². The molecule has 1 aromatic heterocycles. The topological polar surface area (TPSA) is 53.6 Å². The van der Waals surface area contributed by atoms with Crippen molar-refractivity contribution < 1.29 is 0 Å². The van der Waals surface area contributed by atoms with Gasteiger partial charge in [-0.05, 0) is 26.0 Å². The molecule has 0 saturated carbocycles. The Kier molecular flexibility index (Phi) is 5.36. The Morgan fingerprint density at radius 1 is 1.69 bits per heavy atom. The van der Waals surface area contributed by atoms with E-state index < -0.39 is 0 Å². The van der Waals surface area contributed by atoms with E-state index in [0.29, 0.717) is 0 Å². The number of nitriles is 1. The Labute approximate surface area is 101 Å². The molecule has 1 rings (SSSR count). The third-order valence-electron chi connectivity index (χ3n) is 2.15. The van der Waals surface area contributed by atoms with Gasteiger partial charge in [0.05, 0.1) is 16.8 Å². The average Bonchev–Trinajstić information content (AvgIpc) is 2.58. The monoisotopic (exact) mass is 238 g/mol. The van der Waals surface area contributed by atoms with E-state index in [9.17, 15) is 0 Å². The highest BCUT2D eigenvalue weighted by molar-refractivity contribution is 7.99. The van der Waals surface area contributed by atoms with Crippen molar-refractivity contribution in [3.05, 3.63) is 11.8 Å². The van der Waals surface area contributed by atoms with Crippen LogP contribution in [0.4, 0.5) is 0 Å². The van der Waals surface area contributed by atoms with Crippen LogP contribution in [0.25, 0.3) is 0 Å². The first-order valence-electron chi connectivity index (χ1n) is 5.43. The van der Waals surface area contributed by atoms with Gasteiger partial charge in [-0.25, -0.2) is 0 Å². The molecule has 0 saturated heterocycles. The molecule has 0 radical (unpaired) electrons. The third kappa shape index (κ3) is 3.87. The number of aromatic nitrogens is 2. The van der Waals surface area contributed by atoms with Crippen molar-refractivity contribution in [3.8, 4) is 6.07 Å². The first-order valence-corrected chi connectivity index (χ1v) is 6.42. The summed E-state index contributed by atoms with van der Waals surface area (Å²) in [5, 5.41) is 17.5. The maximum atomic E-state index is 8.96. The van der Waals surface area contributed by atoms with Crippen molar-refractivity contribution in [1.82, 2.24) is 15.1 Å². The van der Waals surface area contributed by atoms with Crippen LogP contribution in [0.1, 0.15) is 19.0 Å². The third-order valence-corrected chi connectivity index (χ3v) is 3.33. The summed E-state index contributed by atoms with van der Waals surface area (Å²) in [6.45, 7) is 4.96. The quantitative estimate of drug-likeness (QED) is 0.767. The normalized spacial score (nSPS) is 12.4. The summed E-state index contributed by atoms with van der Waals surface area (Å²) in [7, 11) is 1.93. The van der Waals surface area contributed by atoms with Crippen LogP contribution in [0, 0.1) is 18.3 Å². The van der Waals surface area contributed by atoms with E-state index >= 15 is 0 Å². The number of hydrogen-bond acceptors (Lipinski definition) is 4. The molecule has 4 nitrogen and oxygen atoms in total. The van der Waals surface area contributed by atoms with Gasteiger partial charge in [-0.15, -0.1) is 11.8 Å². The fraction of sp³-hybridized carbons (Fsp3) is 0.636. The molecule has 1 atom stereocenters. The van der Waals surface area contributed by atoms with E-state index in [2.05, 4.69) is 23.4 Å². The largest absolute Gasteiger partial charge is 0.301 e. The van der Waals surface area contributed by atoms with Gasteiger partial charge in [0.2, 0.25) is 0 Å². The van der Waals surface area contributed by atoms with Gasteiger partial charge >= 0.3 is 0 Å². The number of rotatable bonds is 6. The van der Waals surface area contributed by atoms with Crippen molar-refractivity contribution in [2.75, 3.05) is 12.3 Å². The molecule has 0 aliphatic rings. The SMILES string of the molecule is CCCNC(C#N)CSc1cc(C)nn1C. The Bertz CT molecular complexity index is 367. The molecule has 0 aliphatic heterocycles. The van der Waals surface area contributed by atoms with Gasteiger partial charge in [-0.2, -0.15) is 10.4 Å². The maximum absolute atomic E-state index is 8.96. The minimum Gasteiger partial charge on any atom is -0.301 e. The van der Waals surface area contributed by atoms with Crippen molar-refractivity contribution in [1.29, 1.82) is 5.26 Å². The molecule has 1 heterocycles. The van der Waals surface area contributed by atoms with Gasteiger partial charge < -0.3 is 5.32 Å². The zero-order valence-corrected chi connectivity index (χ0v) is 10.8. The summed E-state index contributed by atoms with van der Waals surface area (Å²) < 4.78 is 1.86. The van der Waals surface area contributed by atoms with Crippen molar-refractivity contribution in [2.45, 2.75) is 31.3 Å².